The van der Waals surface area contributed by atoms with Crippen LogP contribution in [0.1, 0.15) is 0 Å². The molecule has 0 bridgehead atoms. The van der Waals surface area contributed by atoms with Gasteiger partial charge in [0.15, 0.2) is 0 Å². The van der Waals surface area contributed by atoms with Crippen LogP contribution in [-0.4, -0.2) is 15.0 Å². The van der Waals surface area contributed by atoms with Crippen LogP contribution >= 0.6 is 15.9 Å². The summed E-state index contributed by atoms with van der Waals surface area (Å²) in [7, 11) is 0. The molecule has 24 heavy (non-hydrogen) atoms. The topological polar surface area (TPSA) is 62.8 Å². The highest BCUT2D eigenvalue weighted by Gasteiger charge is 2.05. The van der Waals surface area contributed by atoms with Crippen molar-refractivity contribution in [3.63, 3.8) is 0 Å². The van der Waals surface area contributed by atoms with E-state index in [9.17, 15) is 0 Å². The lowest BCUT2D eigenvalue weighted by molar-refractivity contribution is 0.482. The van der Waals surface area contributed by atoms with Crippen molar-refractivity contribution in [3.8, 4) is 11.5 Å². The molecule has 2 heterocycles. The molecule has 0 spiro atoms. The molecular formula is C18H13BrN4O. The molecule has 2 N–H and O–H groups in total. The van der Waals surface area contributed by atoms with Crippen LogP contribution in [0.5, 0.6) is 11.5 Å². The van der Waals surface area contributed by atoms with Gasteiger partial charge in [-0.1, -0.05) is 15.9 Å². The third-order valence-electron chi connectivity index (χ3n) is 3.52. The number of anilines is 2. The van der Waals surface area contributed by atoms with E-state index in [1.54, 1.807) is 0 Å². The van der Waals surface area contributed by atoms with Crippen molar-refractivity contribution in [1.29, 1.82) is 0 Å². The lowest BCUT2D eigenvalue weighted by Crippen LogP contribution is -1.95. The fourth-order valence-electron chi connectivity index (χ4n) is 2.35. The summed E-state index contributed by atoms with van der Waals surface area (Å²) in [4.78, 5) is 11.5. The number of nitrogens with one attached hydrogen (secondary N) is 2. The molecule has 0 unspecified atom stereocenters. The van der Waals surface area contributed by atoms with E-state index in [2.05, 4.69) is 36.2 Å². The molecule has 4 rings (SSSR count). The van der Waals surface area contributed by atoms with E-state index in [4.69, 9.17) is 4.74 Å². The zero-order valence-corrected chi connectivity index (χ0v) is 14.1. The highest BCUT2D eigenvalue weighted by Crippen LogP contribution is 2.26. The van der Waals surface area contributed by atoms with Gasteiger partial charge in [0, 0.05) is 16.4 Å². The van der Waals surface area contributed by atoms with Gasteiger partial charge < -0.3 is 15.0 Å². The molecule has 0 saturated carbocycles. The minimum absolute atomic E-state index is 0.767. The van der Waals surface area contributed by atoms with Crippen LogP contribution in [0.25, 0.3) is 11.0 Å². The van der Waals surface area contributed by atoms with Crippen molar-refractivity contribution in [2.24, 2.45) is 0 Å². The number of fused-ring (bicyclic) bond motifs is 1. The fourth-order valence-corrected chi connectivity index (χ4v) is 2.62. The maximum atomic E-state index is 5.82. The summed E-state index contributed by atoms with van der Waals surface area (Å²) < 4.78 is 6.84. The summed E-state index contributed by atoms with van der Waals surface area (Å²) in [6.45, 7) is 0. The van der Waals surface area contributed by atoms with Crippen molar-refractivity contribution >= 4 is 38.5 Å². The summed E-state index contributed by atoms with van der Waals surface area (Å²) in [6, 6.07) is 17.4. The van der Waals surface area contributed by atoms with Crippen molar-refractivity contribution in [1.82, 2.24) is 15.0 Å². The number of aromatic nitrogens is 3. The molecule has 2 aromatic heterocycles. The van der Waals surface area contributed by atoms with Crippen LogP contribution in [-0.2, 0) is 0 Å². The number of aromatic amines is 1. The average Bonchev–Trinajstić information content (AvgIpc) is 3.08. The average molecular weight is 381 g/mol. The highest BCUT2D eigenvalue weighted by molar-refractivity contribution is 9.10. The predicted octanol–water partition coefficient (Wildman–Crippen LogP) is 5.26. The lowest BCUT2D eigenvalue weighted by atomic mass is 10.3. The number of benzene rings is 2. The normalized spacial score (nSPS) is 10.7. The molecule has 4 aromatic rings. The van der Waals surface area contributed by atoms with E-state index in [-0.39, 0.29) is 0 Å². The summed E-state index contributed by atoms with van der Waals surface area (Å²) in [5.41, 5.74) is 1.74. The predicted molar refractivity (Wildman–Crippen MR) is 97.8 cm³/mol. The van der Waals surface area contributed by atoms with Gasteiger partial charge >= 0.3 is 0 Å². The third kappa shape index (κ3) is 3.09. The second kappa shape index (κ2) is 6.33. The van der Waals surface area contributed by atoms with Gasteiger partial charge in [-0.25, -0.2) is 9.97 Å². The van der Waals surface area contributed by atoms with E-state index in [1.165, 1.54) is 6.33 Å². The van der Waals surface area contributed by atoms with Crippen molar-refractivity contribution in [3.05, 3.63) is 71.6 Å². The van der Waals surface area contributed by atoms with Crippen LogP contribution in [0, 0.1) is 0 Å². The Morgan fingerprint density at radius 1 is 0.875 bits per heavy atom. The second-order valence-corrected chi connectivity index (χ2v) is 6.08. The molecule has 0 fully saturated rings. The van der Waals surface area contributed by atoms with Crippen molar-refractivity contribution < 1.29 is 4.74 Å². The van der Waals surface area contributed by atoms with E-state index < -0.39 is 0 Å². The Labute approximate surface area is 146 Å². The Kier molecular flexibility index (Phi) is 3.88. The van der Waals surface area contributed by atoms with Gasteiger partial charge in [0.05, 0.1) is 5.39 Å². The van der Waals surface area contributed by atoms with Gasteiger partial charge in [0.2, 0.25) is 0 Å². The van der Waals surface area contributed by atoms with Crippen LogP contribution in [0.2, 0.25) is 0 Å². The number of nitrogens with zero attached hydrogens (tertiary/aromatic N) is 2. The monoisotopic (exact) mass is 380 g/mol. The Morgan fingerprint density at radius 3 is 2.33 bits per heavy atom. The lowest BCUT2D eigenvalue weighted by Gasteiger charge is -2.09. The Morgan fingerprint density at radius 2 is 1.58 bits per heavy atom. The molecule has 0 aliphatic heterocycles. The number of rotatable bonds is 4. The van der Waals surface area contributed by atoms with Gasteiger partial charge in [0.25, 0.3) is 0 Å². The summed E-state index contributed by atoms with van der Waals surface area (Å²) in [6.07, 6.45) is 3.38. The van der Waals surface area contributed by atoms with Crippen LogP contribution < -0.4 is 10.1 Å². The number of H-pyrrole nitrogens is 1. The first-order chi connectivity index (χ1) is 11.8. The van der Waals surface area contributed by atoms with Crippen molar-refractivity contribution in [2.75, 3.05) is 5.32 Å². The van der Waals surface area contributed by atoms with Crippen LogP contribution in [0.4, 0.5) is 11.5 Å². The fraction of sp³-hybridized carbons (Fsp3) is 0. The maximum Gasteiger partial charge on any atom is 0.143 e. The molecule has 118 valence electrons. The smallest absolute Gasteiger partial charge is 0.143 e. The Hall–Kier alpha value is -2.86. The minimum atomic E-state index is 0.767. The highest BCUT2D eigenvalue weighted by atomic mass is 79.9. The zero-order chi connectivity index (χ0) is 16.4. The first-order valence-corrected chi connectivity index (χ1v) is 8.16. The first-order valence-electron chi connectivity index (χ1n) is 7.36. The Bertz CT molecular complexity index is 964. The summed E-state index contributed by atoms with van der Waals surface area (Å²) >= 11 is 3.41. The molecule has 5 nitrogen and oxygen atoms in total. The molecule has 0 atom stereocenters. The number of ether oxygens (including phenoxy) is 1. The van der Waals surface area contributed by atoms with Gasteiger partial charge in [-0.2, -0.15) is 0 Å². The van der Waals surface area contributed by atoms with Gasteiger partial charge in [0.1, 0.15) is 29.3 Å². The van der Waals surface area contributed by atoms with Crippen molar-refractivity contribution in [2.45, 2.75) is 0 Å². The molecular weight excluding hydrogens is 368 g/mol. The molecule has 0 amide bonds. The van der Waals surface area contributed by atoms with E-state index in [1.807, 2.05) is 60.8 Å². The zero-order valence-electron chi connectivity index (χ0n) is 12.5. The van der Waals surface area contributed by atoms with E-state index >= 15 is 0 Å². The summed E-state index contributed by atoms with van der Waals surface area (Å²) in [5, 5.41) is 4.25. The van der Waals surface area contributed by atoms with E-state index in [0.29, 0.717) is 0 Å². The van der Waals surface area contributed by atoms with Gasteiger partial charge in [-0.3, -0.25) is 0 Å². The molecule has 0 radical (unpaired) electrons. The Balaban J connectivity index is 1.51. The second-order valence-electron chi connectivity index (χ2n) is 5.17. The number of hydrogen-bond donors (Lipinski definition) is 2. The largest absolute Gasteiger partial charge is 0.457 e. The molecule has 2 aromatic carbocycles. The maximum absolute atomic E-state index is 5.82. The third-order valence-corrected chi connectivity index (χ3v) is 4.05. The minimum Gasteiger partial charge on any atom is -0.457 e. The number of hydrogen-bond acceptors (Lipinski definition) is 4. The van der Waals surface area contributed by atoms with Gasteiger partial charge in [-0.15, -0.1) is 0 Å². The van der Waals surface area contributed by atoms with E-state index in [0.717, 1.165) is 38.5 Å². The molecule has 0 aliphatic rings. The standard InChI is InChI=1S/C18H13BrN4O/c19-12-1-5-14(6-2-12)24-15-7-3-13(4-8-15)23-18-16-9-10-20-17(16)21-11-22-18/h1-11H,(H2,20,21,22,23). The molecule has 0 aliphatic carbocycles. The molecule has 6 heteroatoms. The van der Waals surface area contributed by atoms with Gasteiger partial charge in [-0.05, 0) is 54.6 Å². The quantitative estimate of drug-likeness (QED) is 0.507. The van der Waals surface area contributed by atoms with Crippen LogP contribution in [0.15, 0.2) is 71.6 Å². The number of halogens is 1. The molecule has 0 saturated heterocycles. The first kappa shape index (κ1) is 14.7. The summed E-state index contributed by atoms with van der Waals surface area (Å²) in [5.74, 6) is 2.34. The van der Waals surface area contributed by atoms with Crippen LogP contribution in [0.3, 0.4) is 0 Å². The SMILES string of the molecule is Brc1ccc(Oc2ccc(Nc3ncnc4[nH]ccc34)cc2)cc1.